The van der Waals surface area contributed by atoms with E-state index in [0.29, 0.717) is 0 Å². The monoisotopic (exact) mass is 299 g/mol. The molecule has 0 saturated carbocycles. The first-order valence-corrected chi connectivity index (χ1v) is 6.68. The van der Waals surface area contributed by atoms with Crippen molar-refractivity contribution in [2.45, 2.75) is 16.4 Å². The first-order valence-electron chi connectivity index (χ1n) is 3.92. The van der Waals surface area contributed by atoms with Crippen molar-refractivity contribution in [1.82, 2.24) is 0 Å². The molecule has 92 valence electrons. The van der Waals surface area contributed by atoms with Crippen LogP contribution in [0.1, 0.15) is 5.56 Å². The van der Waals surface area contributed by atoms with Crippen molar-refractivity contribution >= 4 is 32.4 Å². The highest BCUT2D eigenvalue weighted by Gasteiger charge is 2.19. The summed E-state index contributed by atoms with van der Waals surface area (Å²) in [7, 11) is 0.983. The third-order valence-electron chi connectivity index (χ3n) is 1.65. The Morgan fingerprint density at radius 1 is 1.47 bits per heavy atom. The molecule has 0 aromatic heterocycles. The van der Waals surface area contributed by atoms with Gasteiger partial charge >= 0.3 is 6.61 Å². The molecule has 0 bridgehead atoms. The molecule has 0 atom stereocenters. The number of rotatable bonds is 3. The van der Waals surface area contributed by atoms with Crippen LogP contribution in [0.25, 0.3) is 0 Å². The number of benzene rings is 1. The Labute approximate surface area is 106 Å². The summed E-state index contributed by atoms with van der Waals surface area (Å²) in [6, 6.07) is 3.28. The van der Waals surface area contributed by atoms with Gasteiger partial charge in [0.05, 0.1) is 10.5 Å². The van der Waals surface area contributed by atoms with Gasteiger partial charge in [-0.2, -0.15) is 14.0 Å². The minimum Gasteiger partial charge on any atom is -0.432 e. The van der Waals surface area contributed by atoms with Gasteiger partial charge in [-0.1, -0.05) is 0 Å². The topological polar surface area (TPSA) is 67.2 Å². The minimum absolute atomic E-state index is 0.219. The van der Waals surface area contributed by atoms with Crippen LogP contribution in [0, 0.1) is 11.3 Å². The normalized spacial score (nSPS) is 11.3. The Morgan fingerprint density at radius 2 is 2.06 bits per heavy atom. The van der Waals surface area contributed by atoms with E-state index in [2.05, 4.69) is 17.4 Å². The van der Waals surface area contributed by atoms with Crippen LogP contribution in [0.2, 0.25) is 0 Å². The highest BCUT2D eigenvalue weighted by molar-refractivity contribution is 8.13. The predicted octanol–water partition coefficient (Wildman–Crippen LogP) is 2.38. The number of halogens is 3. The van der Waals surface area contributed by atoms with E-state index in [4.69, 9.17) is 15.9 Å². The minimum atomic E-state index is -4.07. The van der Waals surface area contributed by atoms with Crippen molar-refractivity contribution in [3.05, 3.63) is 17.7 Å². The zero-order chi connectivity index (χ0) is 13.2. The van der Waals surface area contributed by atoms with Gasteiger partial charge in [0.15, 0.2) is 5.75 Å². The maximum absolute atomic E-state index is 12.0. The molecule has 4 nitrogen and oxygen atoms in total. The zero-order valence-corrected chi connectivity index (χ0v) is 10.4. The largest absolute Gasteiger partial charge is 0.432 e. The average Bonchev–Trinajstić information content (AvgIpc) is 2.18. The third-order valence-corrected chi connectivity index (χ3v) is 3.32. The Balaban J connectivity index is 3.43. The summed E-state index contributed by atoms with van der Waals surface area (Å²) in [5.74, 6) is -0.491. The lowest BCUT2D eigenvalue weighted by atomic mass is 10.2. The zero-order valence-electron chi connectivity index (χ0n) is 7.89. The van der Waals surface area contributed by atoms with Gasteiger partial charge in [0, 0.05) is 15.6 Å². The van der Waals surface area contributed by atoms with Gasteiger partial charge in [0.1, 0.15) is 6.07 Å². The molecule has 1 rings (SSSR count). The molecule has 0 heterocycles. The fourth-order valence-corrected chi connectivity index (χ4v) is 2.21. The molecule has 0 radical (unpaired) electrons. The molecule has 0 aliphatic rings. The first-order chi connectivity index (χ1) is 7.75. The van der Waals surface area contributed by atoms with Crippen molar-refractivity contribution in [1.29, 1.82) is 5.26 Å². The molecule has 0 aliphatic heterocycles. The van der Waals surface area contributed by atoms with E-state index in [1.807, 2.05) is 0 Å². The second kappa shape index (κ2) is 5.08. The average molecular weight is 300 g/mol. The SMILES string of the molecule is N#Cc1cc(S(=O)(=O)Cl)cc(S)c1OC(F)F. The van der Waals surface area contributed by atoms with Crippen LogP contribution >= 0.6 is 23.3 Å². The fraction of sp³-hybridized carbons (Fsp3) is 0.125. The van der Waals surface area contributed by atoms with Gasteiger partial charge in [-0.25, -0.2) is 8.42 Å². The lowest BCUT2D eigenvalue weighted by molar-refractivity contribution is -0.0518. The van der Waals surface area contributed by atoms with Gasteiger partial charge < -0.3 is 4.74 Å². The maximum Gasteiger partial charge on any atom is 0.387 e. The van der Waals surface area contributed by atoms with Crippen molar-refractivity contribution < 1.29 is 21.9 Å². The molecule has 0 saturated heterocycles. The quantitative estimate of drug-likeness (QED) is 0.687. The van der Waals surface area contributed by atoms with Gasteiger partial charge in [-0.3, -0.25) is 0 Å². The Hall–Kier alpha value is -1.04. The number of alkyl halides is 2. The summed E-state index contributed by atoms with van der Waals surface area (Å²) in [6.07, 6.45) is 0. The van der Waals surface area contributed by atoms with E-state index >= 15 is 0 Å². The predicted molar refractivity (Wildman–Crippen MR) is 58.1 cm³/mol. The first kappa shape index (κ1) is 14.0. The summed E-state index contributed by atoms with van der Waals surface area (Å²) in [4.78, 5) is -0.633. The van der Waals surface area contributed by atoms with Crippen molar-refractivity contribution in [2.24, 2.45) is 0 Å². The van der Waals surface area contributed by atoms with E-state index in [9.17, 15) is 17.2 Å². The highest BCUT2D eigenvalue weighted by atomic mass is 35.7. The molecule has 1 aromatic carbocycles. The molecule has 9 heteroatoms. The standard InChI is InChI=1S/C8H4ClF2NO3S2/c9-17(13,14)5-1-4(3-12)7(6(16)2-5)15-8(10)11/h1-2,8,16H. The number of hydrogen-bond donors (Lipinski definition) is 1. The van der Waals surface area contributed by atoms with Crippen molar-refractivity contribution in [2.75, 3.05) is 0 Å². The molecule has 0 spiro atoms. The van der Waals surface area contributed by atoms with Crippen LogP contribution in [0.15, 0.2) is 21.9 Å². The molecule has 0 fully saturated rings. The lowest BCUT2D eigenvalue weighted by Crippen LogP contribution is -2.05. The molecule has 1 aromatic rings. The van der Waals surface area contributed by atoms with E-state index in [1.54, 1.807) is 0 Å². The molecule has 0 N–H and O–H groups in total. The third kappa shape index (κ3) is 3.46. The summed E-state index contributed by atoms with van der Waals surface area (Å²) >= 11 is 3.77. The van der Waals surface area contributed by atoms with Gasteiger partial charge in [0.25, 0.3) is 9.05 Å². The molecule has 17 heavy (non-hydrogen) atoms. The van der Waals surface area contributed by atoms with Crippen LogP contribution in [0.4, 0.5) is 8.78 Å². The highest BCUT2D eigenvalue weighted by Crippen LogP contribution is 2.32. The van der Waals surface area contributed by atoms with Crippen molar-refractivity contribution in [3.8, 4) is 11.8 Å². The van der Waals surface area contributed by atoms with Crippen LogP contribution in [-0.2, 0) is 9.05 Å². The van der Waals surface area contributed by atoms with Gasteiger partial charge in [0.2, 0.25) is 0 Å². The van der Waals surface area contributed by atoms with E-state index < -0.39 is 31.9 Å². The summed E-state index contributed by atoms with van der Waals surface area (Å²) < 4.78 is 50.2. The lowest BCUT2D eigenvalue weighted by Gasteiger charge is -2.10. The summed E-state index contributed by atoms with van der Waals surface area (Å²) in [5.41, 5.74) is -0.392. The van der Waals surface area contributed by atoms with E-state index in [0.717, 1.165) is 12.1 Å². The molecule has 0 amide bonds. The number of nitriles is 1. The number of ether oxygens (including phenoxy) is 1. The van der Waals surface area contributed by atoms with Crippen LogP contribution < -0.4 is 4.74 Å². The molecule has 0 aliphatic carbocycles. The number of nitrogens with zero attached hydrogens (tertiary/aromatic N) is 1. The summed E-state index contributed by atoms with van der Waals surface area (Å²) in [6.45, 7) is -3.15. The fourth-order valence-electron chi connectivity index (χ4n) is 1.02. The van der Waals surface area contributed by atoms with Crippen LogP contribution in [-0.4, -0.2) is 15.0 Å². The van der Waals surface area contributed by atoms with Crippen LogP contribution in [0.3, 0.4) is 0 Å². The Morgan fingerprint density at radius 3 is 2.47 bits per heavy atom. The van der Waals surface area contributed by atoms with E-state index in [-0.39, 0.29) is 4.90 Å². The second-order valence-electron chi connectivity index (χ2n) is 2.75. The van der Waals surface area contributed by atoms with Gasteiger partial charge in [-0.15, -0.1) is 12.6 Å². The van der Waals surface area contributed by atoms with Gasteiger partial charge in [-0.05, 0) is 12.1 Å². The molecular formula is C8H4ClF2NO3S2. The smallest absolute Gasteiger partial charge is 0.387 e. The number of thiol groups is 1. The maximum atomic E-state index is 12.0. The summed E-state index contributed by atoms with van der Waals surface area (Å²) in [5, 5.41) is 8.70. The van der Waals surface area contributed by atoms with Crippen molar-refractivity contribution in [3.63, 3.8) is 0 Å². The second-order valence-corrected chi connectivity index (χ2v) is 5.79. The molecular weight excluding hydrogens is 296 g/mol. The Bertz CT molecular complexity index is 583. The number of hydrogen-bond acceptors (Lipinski definition) is 5. The Kier molecular flexibility index (Phi) is 4.19. The molecule has 0 unspecified atom stereocenters. The van der Waals surface area contributed by atoms with E-state index in [1.165, 1.54) is 6.07 Å². The van der Waals surface area contributed by atoms with Crippen LogP contribution in [0.5, 0.6) is 5.75 Å².